The van der Waals surface area contributed by atoms with Gasteiger partial charge in [0.05, 0.1) is 0 Å². The van der Waals surface area contributed by atoms with Crippen LogP contribution in [0.4, 0.5) is 18.9 Å². The molecule has 3 aromatic rings. The van der Waals surface area contributed by atoms with Crippen molar-refractivity contribution in [3.05, 3.63) is 90.0 Å². The topological polar surface area (TPSA) is 95.9 Å². The second-order valence-electron chi connectivity index (χ2n) is 6.46. The van der Waals surface area contributed by atoms with Gasteiger partial charge < -0.3 is 20.3 Å². The van der Waals surface area contributed by atoms with Gasteiger partial charge in [-0.1, -0.05) is 48.5 Å². The Kier molecular flexibility index (Phi) is 5.98. The summed E-state index contributed by atoms with van der Waals surface area (Å²) in [7, 11) is 0. The van der Waals surface area contributed by atoms with Crippen LogP contribution < -0.4 is 10.1 Å². The van der Waals surface area contributed by atoms with Gasteiger partial charge in [-0.25, -0.2) is 4.79 Å². The molecule has 0 aliphatic rings. The van der Waals surface area contributed by atoms with Crippen molar-refractivity contribution in [2.45, 2.75) is 11.8 Å². The summed E-state index contributed by atoms with van der Waals surface area (Å²) in [4.78, 5) is 24.6. The molecule has 0 spiro atoms. The quantitative estimate of drug-likeness (QED) is 0.419. The average Bonchev–Trinajstić information content (AvgIpc) is 2.73. The van der Waals surface area contributed by atoms with Crippen molar-refractivity contribution in [3.63, 3.8) is 0 Å². The Labute approximate surface area is 174 Å². The monoisotopic (exact) mass is 431 g/mol. The number of hydrogen-bond acceptors (Lipinski definition) is 5. The second kappa shape index (κ2) is 8.49. The number of benzene rings is 3. The molecule has 0 saturated carbocycles. The van der Waals surface area contributed by atoms with E-state index < -0.39 is 35.0 Å². The summed E-state index contributed by atoms with van der Waals surface area (Å²) in [5.41, 5.74) is -5.03. The van der Waals surface area contributed by atoms with Crippen LogP contribution in [0.2, 0.25) is 0 Å². The number of phenolic OH excluding ortho intramolecular Hbond substituents is 1. The van der Waals surface area contributed by atoms with Crippen LogP contribution in [0.5, 0.6) is 11.5 Å². The zero-order chi connectivity index (χ0) is 22.6. The minimum absolute atomic E-state index is 0.224. The molecule has 3 N–H and O–H groups in total. The SMILES string of the molecule is O=C(Oc1ccccc1)c1ccc(NC(=O)C(O)(c2ccccc2)C(F)(F)F)cc1O. The minimum Gasteiger partial charge on any atom is -0.507 e. The predicted octanol–water partition coefficient (Wildman–Crippen LogP) is 4.00. The van der Waals surface area contributed by atoms with Crippen molar-refractivity contribution in [3.8, 4) is 11.5 Å². The largest absolute Gasteiger partial charge is 0.507 e. The van der Waals surface area contributed by atoms with Gasteiger partial charge in [0.1, 0.15) is 17.1 Å². The van der Waals surface area contributed by atoms with Crippen molar-refractivity contribution in [2.24, 2.45) is 0 Å². The molecular formula is C22H16F3NO5. The third-order valence-electron chi connectivity index (χ3n) is 4.36. The van der Waals surface area contributed by atoms with E-state index in [1.165, 1.54) is 30.3 Å². The van der Waals surface area contributed by atoms with Crippen molar-refractivity contribution in [1.29, 1.82) is 0 Å². The Morgan fingerprint density at radius 2 is 1.45 bits per heavy atom. The molecule has 3 aromatic carbocycles. The summed E-state index contributed by atoms with van der Waals surface area (Å²) < 4.78 is 45.8. The molecule has 0 aromatic heterocycles. The third-order valence-corrected chi connectivity index (χ3v) is 4.36. The van der Waals surface area contributed by atoms with Gasteiger partial charge in [-0.15, -0.1) is 0 Å². The van der Waals surface area contributed by atoms with E-state index in [1.54, 1.807) is 18.2 Å². The number of carbonyl (C=O) groups excluding carboxylic acids is 2. The molecule has 0 aliphatic carbocycles. The number of halogens is 3. The molecule has 3 rings (SSSR count). The molecule has 0 saturated heterocycles. The zero-order valence-corrected chi connectivity index (χ0v) is 15.8. The number of nitrogens with one attached hydrogen (secondary N) is 1. The first-order chi connectivity index (χ1) is 14.6. The van der Waals surface area contributed by atoms with Gasteiger partial charge in [0.25, 0.3) is 11.5 Å². The molecule has 0 aliphatic heterocycles. The number of amides is 1. The van der Waals surface area contributed by atoms with Crippen LogP contribution in [0.25, 0.3) is 0 Å². The lowest BCUT2D eigenvalue weighted by atomic mass is 9.92. The lowest BCUT2D eigenvalue weighted by Gasteiger charge is -2.29. The van der Waals surface area contributed by atoms with Crippen LogP contribution in [-0.4, -0.2) is 28.3 Å². The molecular weight excluding hydrogens is 415 g/mol. The van der Waals surface area contributed by atoms with Crippen molar-refractivity contribution < 1.29 is 37.7 Å². The number of phenols is 1. The fraction of sp³-hybridized carbons (Fsp3) is 0.0909. The number of ether oxygens (including phenoxy) is 1. The molecule has 1 amide bonds. The van der Waals surface area contributed by atoms with Crippen LogP contribution in [-0.2, 0) is 10.4 Å². The van der Waals surface area contributed by atoms with Gasteiger partial charge in [-0.2, -0.15) is 13.2 Å². The Hall–Kier alpha value is -3.85. The maximum absolute atomic E-state index is 13.6. The number of aromatic hydroxyl groups is 1. The number of anilines is 1. The number of esters is 1. The number of carbonyl (C=O) groups is 2. The average molecular weight is 431 g/mol. The Bertz CT molecular complexity index is 1090. The molecule has 1 unspecified atom stereocenters. The van der Waals surface area contributed by atoms with E-state index in [0.717, 1.165) is 30.3 Å². The van der Waals surface area contributed by atoms with E-state index in [-0.39, 0.29) is 17.0 Å². The van der Waals surface area contributed by atoms with Crippen molar-refractivity contribution in [2.75, 3.05) is 5.32 Å². The van der Waals surface area contributed by atoms with Crippen molar-refractivity contribution >= 4 is 17.6 Å². The zero-order valence-electron chi connectivity index (χ0n) is 15.8. The van der Waals surface area contributed by atoms with E-state index >= 15 is 0 Å². The fourth-order valence-corrected chi connectivity index (χ4v) is 2.76. The summed E-state index contributed by atoms with van der Waals surface area (Å²) in [5.74, 6) is -3.08. The maximum atomic E-state index is 13.6. The Morgan fingerprint density at radius 3 is 2.00 bits per heavy atom. The van der Waals surface area contributed by atoms with E-state index in [9.17, 15) is 33.0 Å². The molecule has 0 bridgehead atoms. The maximum Gasteiger partial charge on any atom is 0.430 e. The van der Waals surface area contributed by atoms with Crippen LogP contribution in [0.1, 0.15) is 15.9 Å². The number of aliphatic hydroxyl groups is 1. The van der Waals surface area contributed by atoms with E-state index in [2.05, 4.69) is 0 Å². The van der Waals surface area contributed by atoms with Gasteiger partial charge in [0, 0.05) is 17.3 Å². The van der Waals surface area contributed by atoms with Crippen LogP contribution >= 0.6 is 0 Å². The predicted molar refractivity (Wildman–Crippen MR) is 105 cm³/mol. The lowest BCUT2D eigenvalue weighted by molar-refractivity contribution is -0.254. The van der Waals surface area contributed by atoms with Gasteiger partial charge in [-0.3, -0.25) is 4.79 Å². The fourth-order valence-electron chi connectivity index (χ4n) is 2.76. The summed E-state index contributed by atoms with van der Waals surface area (Å²) in [6.07, 6.45) is -5.32. The number of hydrogen-bond donors (Lipinski definition) is 3. The normalized spacial score (nSPS) is 13.2. The highest BCUT2D eigenvalue weighted by Crippen LogP contribution is 2.40. The lowest BCUT2D eigenvalue weighted by Crippen LogP contribution is -2.52. The summed E-state index contributed by atoms with van der Waals surface area (Å²) in [5, 5.41) is 22.3. The first kappa shape index (κ1) is 21.8. The molecule has 0 radical (unpaired) electrons. The highest BCUT2D eigenvalue weighted by molar-refractivity contribution is 6.00. The summed E-state index contributed by atoms with van der Waals surface area (Å²) in [6.45, 7) is 0. The molecule has 6 nitrogen and oxygen atoms in total. The molecule has 1 atom stereocenters. The number of alkyl halides is 3. The summed E-state index contributed by atoms with van der Waals surface area (Å²) in [6, 6.07) is 16.9. The molecule has 9 heteroatoms. The van der Waals surface area contributed by atoms with E-state index in [1.807, 2.05) is 5.32 Å². The first-order valence-electron chi connectivity index (χ1n) is 8.89. The van der Waals surface area contributed by atoms with Crippen molar-refractivity contribution in [1.82, 2.24) is 0 Å². The van der Waals surface area contributed by atoms with Gasteiger partial charge in [0.2, 0.25) is 0 Å². The minimum atomic E-state index is -5.32. The number of para-hydroxylation sites is 1. The van der Waals surface area contributed by atoms with Crippen LogP contribution in [0.15, 0.2) is 78.9 Å². The molecule has 0 heterocycles. The third kappa shape index (κ3) is 4.51. The van der Waals surface area contributed by atoms with E-state index in [4.69, 9.17) is 4.74 Å². The highest BCUT2D eigenvalue weighted by Gasteiger charge is 2.60. The Balaban J connectivity index is 1.83. The van der Waals surface area contributed by atoms with Gasteiger partial charge >= 0.3 is 12.1 Å². The van der Waals surface area contributed by atoms with Crippen LogP contribution in [0, 0.1) is 0 Å². The molecule has 160 valence electrons. The standard InChI is InChI=1S/C22H16F3NO5/c23-22(24,25)21(30,14-7-3-1-4-8-14)20(29)26-15-11-12-17(18(27)13-15)19(28)31-16-9-5-2-6-10-16/h1-13,27,30H,(H,26,29). The second-order valence-corrected chi connectivity index (χ2v) is 6.46. The van der Waals surface area contributed by atoms with Gasteiger partial charge in [-0.05, 0) is 24.3 Å². The first-order valence-corrected chi connectivity index (χ1v) is 8.89. The summed E-state index contributed by atoms with van der Waals surface area (Å²) >= 11 is 0. The highest BCUT2D eigenvalue weighted by atomic mass is 19.4. The van der Waals surface area contributed by atoms with Crippen LogP contribution in [0.3, 0.4) is 0 Å². The molecule has 31 heavy (non-hydrogen) atoms. The number of rotatable bonds is 5. The van der Waals surface area contributed by atoms with E-state index in [0.29, 0.717) is 0 Å². The van der Waals surface area contributed by atoms with Gasteiger partial charge in [0.15, 0.2) is 0 Å². The smallest absolute Gasteiger partial charge is 0.430 e. The Morgan fingerprint density at radius 1 is 0.871 bits per heavy atom. The molecule has 0 fully saturated rings.